The number of carbonyl (C=O) groups excluding carboxylic acids is 2. The molecule has 208 valence electrons. The third-order valence-corrected chi connectivity index (χ3v) is 7.63. The van der Waals surface area contributed by atoms with Crippen molar-refractivity contribution in [3.63, 3.8) is 0 Å². The monoisotopic (exact) mass is 578 g/mol. The first-order valence-electron chi connectivity index (χ1n) is 13.0. The van der Waals surface area contributed by atoms with Crippen molar-refractivity contribution in [2.24, 2.45) is 4.99 Å². The molecule has 0 unspecified atom stereocenters. The lowest BCUT2D eigenvalue weighted by molar-refractivity contribution is -0.113. The number of hydrogen-bond donors (Lipinski definition) is 0. The summed E-state index contributed by atoms with van der Waals surface area (Å²) in [6.07, 6.45) is 6.18. The predicted octanol–water partition coefficient (Wildman–Crippen LogP) is 5.15. The maximum atomic E-state index is 13.6. The molecule has 0 atom stereocenters. The van der Waals surface area contributed by atoms with Crippen molar-refractivity contribution in [3.8, 4) is 28.1 Å². The number of ether oxygens (including phenoxy) is 4. The molecule has 0 fully saturated rings. The van der Waals surface area contributed by atoms with E-state index in [1.165, 1.54) is 28.2 Å². The standard InChI is InChI=1S/C31H22N4O6S/c1-19-14-28(33-29(36)12-8-20-6-10-23-25(15-20)40-17-38-23)35(31-32-22-4-2-3-5-27(22)42-31)34(19)30(37)13-9-21-7-11-24-26(16-21)41-18-39-24/h2-16H,17-18H2,1H3/b12-8?,13-9+,33-28?. The van der Waals surface area contributed by atoms with E-state index < -0.39 is 5.91 Å². The molecule has 2 aliphatic rings. The van der Waals surface area contributed by atoms with Gasteiger partial charge in [-0.25, -0.2) is 14.3 Å². The minimum absolute atomic E-state index is 0.170. The Hall–Kier alpha value is -5.42. The summed E-state index contributed by atoms with van der Waals surface area (Å²) >= 11 is 1.40. The molecule has 2 aliphatic heterocycles. The number of nitrogens with zero attached hydrogens (tertiary/aromatic N) is 4. The number of aromatic nitrogens is 3. The number of aryl methyl sites for hydroxylation is 1. The largest absolute Gasteiger partial charge is 0.454 e. The fourth-order valence-corrected chi connectivity index (χ4v) is 5.61. The minimum Gasteiger partial charge on any atom is -0.454 e. The van der Waals surface area contributed by atoms with Crippen LogP contribution in [0, 0.1) is 6.92 Å². The topological polar surface area (TPSA) is 106 Å². The van der Waals surface area contributed by atoms with Gasteiger partial charge in [0.25, 0.3) is 11.8 Å². The lowest BCUT2D eigenvalue weighted by atomic mass is 10.2. The molecule has 7 rings (SSSR count). The Kier molecular flexibility index (Phi) is 6.40. The number of para-hydroxylation sites is 1. The summed E-state index contributed by atoms with van der Waals surface area (Å²) in [5, 5.41) is 0.500. The number of thiazole rings is 1. The molecule has 11 heteroatoms. The van der Waals surface area contributed by atoms with Crippen LogP contribution in [0.3, 0.4) is 0 Å². The lowest BCUT2D eigenvalue weighted by Crippen LogP contribution is -2.27. The third kappa shape index (κ3) is 4.86. The fourth-order valence-electron chi connectivity index (χ4n) is 4.64. The zero-order valence-corrected chi connectivity index (χ0v) is 23.0. The quantitative estimate of drug-likeness (QED) is 0.266. The van der Waals surface area contributed by atoms with Crippen LogP contribution in [-0.4, -0.2) is 39.7 Å². The average molecular weight is 579 g/mol. The highest BCUT2D eigenvalue weighted by Gasteiger charge is 2.18. The van der Waals surface area contributed by atoms with Crippen molar-refractivity contribution in [2.75, 3.05) is 13.6 Å². The first kappa shape index (κ1) is 25.5. The molecule has 42 heavy (non-hydrogen) atoms. The van der Waals surface area contributed by atoms with Crippen LogP contribution in [0.2, 0.25) is 0 Å². The second kappa shape index (κ2) is 10.5. The molecule has 0 bridgehead atoms. The summed E-state index contributed by atoms with van der Waals surface area (Å²) in [5.74, 6) is 1.73. The highest BCUT2D eigenvalue weighted by Crippen LogP contribution is 2.34. The van der Waals surface area contributed by atoms with Crippen molar-refractivity contribution in [1.29, 1.82) is 0 Å². The van der Waals surface area contributed by atoms with Crippen LogP contribution in [-0.2, 0) is 4.79 Å². The van der Waals surface area contributed by atoms with E-state index in [1.54, 1.807) is 48.0 Å². The highest BCUT2D eigenvalue weighted by molar-refractivity contribution is 7.20. The number of hydrogen-bond acceptors (Lipinski definition) is 8. The summed E-state index contributed by atoms with van der Waals surface area (Å²) < 4.78 is 25.5. The smallest absolute Gasteiger partial charge is 0.271 e. The Morgan fingerprint density at radius 1 is 0.833 bits per heavy atom. The van der Waals surface area contributed by atoms with Gasteiger partial charge in [-0.1, -0.05) is 35.6 Å². The summed E-state index contributed by atoms with van der Waals surface area (Å²) in [6.45, 7) is 2.12. The Bertz CT molecular complexity index is 1980. The summed E-state index contributed by atoms with van der Waals surface area (Å²) in [6, 6.07) is 20.2. The molecule has 2 aromatic heterocycles. The zero-order valence-electron chi connectivity index (χ0n) is 22.2. The van der Waals surface area contributed by atoms with Crippen molar-refractivity contribution < 1.29 is 28.5 Å². The highest BCUT2D eigenvalue weighted by atomic mass is 32.1. The number of amides is 1. The first-order valence-corrected chi connectivity index (χ1v) is 13.8. The zero-order chi connectivity index (χ0) is 28.6. The third-order valence-electron chi connectivity index (χ3n) is 6.62. The van der Waals surface area contributed by atoms with Gasteiger partial charge in [0.1, 0.15) is 0 Å². The summed E-state index contributed by atoms with van der Waals surface area (Å²) in [7, 11) is 0. The number of allylic oxidation sites excluding steroid dienone is 1. The molecular weight excluding hydrogens is 556 g/mol. The summed E-state index contributed by atoms with van der Waals surface area (Å²) in [5.41, 5.74) is 3.17. The van der Waals surface area contributed by atoms with Gasteiger partial charge in [0.05, 0.1) is 10.2 Å². The number of rotatable bonds is 5. The van der Waals surface area contributed by atoms with E-state index in [0.29, 0.717) is 33.8 Å². The molecule has 0 aliphatic carbocycles. The molecule has 0 N–H and O–H groups in total. The number of benzene rings is 3. The Morgan fingerprint density at radius 3 is 2.17 bits per heavy atom. The van der Waals surface area contributed by atoms with Crippen LogP contribution in [0.4, 0.5) is 0 Å². The fraction of sp³-hybridized carbons (Fsp3) is 0.0968. The molecule has 0 saturated carbocycles. The molecule has 0 spiro atoms. The van der Waals surface area contributed by atoms with E-state index >= 15 is 0 Å². The number of carbonyl (C=O) groups is 2. The van der Waals surface area contributed by atoms with Gasteiger partial charge in [0.15, 0.2) is 28.5 Å². The van der Waals surface area contributed by atoms with E-state index in [0.717, 1.165) is 21.3 Å². The molecule has 0 radical (unpaired) electrons. The van der Waals surface area contributed by atoms with Crippen molar-refractivity contribution in [2.45, 2.75) is 6.92 Å². The van der Waals surface area contributed by atoms with Gasteiger partial charge in [0.2, 0.25) is 18.7 Å². The average Bonchev–Trinajstić information content (AvgIpc) is 3.79. The molecule has 5 aromatic rings. The van der Waals surface area contributed by atoms with Crippen molar-refractivity contribution >= 4 is 45.5 Å². The molecule has 3 aromatic carbocycles. The minimum atomic E-state index is -0.497. The van der Waals surface area contributed by atoms with E-state index in [2.05, 4.69) is 4.99 Å². The van der Waals surface area contributed by atoms with Gasteiger partial charge < -0.3 is 18.9 Å². The van der Waals surface area contributed by atoms with Gasteiger partial charge >= 0.3 is 0 Å². The molecule has 10 nitrogen and oxygen atoms in total. The molecule has 0 saturated heterocycles. The van der Waals surface area contributed by atoms with E-state index in [4.69, 9.17) is 23.9 Å². The van der Waals surface area contributed by atoms with E-state index in [-0.39, 0.29) is 25.0 Å². The second-order valence-corrected chi connectivity index (χ2v) is 10.4. The Morgan fingerprint density at radius 2 is 1.48 bits per heavy atom. The van der Waals surface area contributed by atoms with E-state index in [1.807, 2.05) is 42.5 Å². The lowest BCUT2D eigenvalue weighted by Gasteiger charge is -2.08. The van der Waals surface area contributed by atoms with Gasteiger partial charge in [-0.2, -0.15) is 4.99 Å². The second-order valence-electron chi connectivity index (χ2n) is 9.41. The normalized spacial score (nSPS) is 14.1. The Balaban J connectivity index is 1.26. The van der Waals surface area contributed by atoms with Gasteiger partial charge in [-0.15, -0.1) is 0 Å². The van der Waals surface area contributed by atoms with Crippen LogP contribution < -0.4 is 24.4 Å². The van der Waals surface area contributed by atoms with Gasteiger partial charge in [-0.3, -0.25) is 9.59 Å². The Labute approximate surface area is 243 Å². The van der Waals surface area contributed by atoms with E-state index in [9.17, 15) is 9.59 Å². The van der Waals surface area contributed by atoms with Gasteiger partial charge in [0, 0.05) is 23.9 Å². The molecular formula is C31H22N4O6S. The maximum Gasteiger partial charge on any atom is 0.271 e. The van der Waals surface area contributed by atoms with Crippen LogP contribution in [0.5, 0.6) is 23.0 Å². The summed E-state index contributed by atoms with van der Waals surface area (Å²) in [4.78, 5) is 35.7. The molecule has 4 heterocycles. The SMILES string of the molecule is Cc1cc(=NC(=O)C=Cc2ccc3c(c2)OCO3)n(-c2nc3ccccc3s2)n1C(=O)/C=C/c1ccc2c(c1)OCO2. The maximum absolute atomic E-state index is 13.6. The van der Waals surface area contributed by atoms with Gasteiger partial charge in [-0.05, 0) is 66.6 Å². The predicted molar refractivity (Wildman–Crippen MR) is 156 cm³/mol. The van der Waals surface area contributed by atoms with Crippen molar-refractivity contribution in [3.05, 3.63) is 101 Å². The van der Waals surface area contributed by atoms with Crippen LogP contribution in [0.15, 0.2) is 83.9 Å². The van der Waals surface area contributed by atoms with Crippen LogP contribution in [0.25, 0.3) is 27.5 Å². The van der Waals surface area contributed by atoms with Crippen LogP contribution >= 0.6 is 11.3 Å². The molecule has 1 amide bonds. The van der Waals surface area contributed by atoms with Crippen LogP contribution in [0.1, 0.15) is 21.6 Å². The number of fused-ring (bicyclic) bond motifs is 3. The first-order chi connectivity index (χ1) is 20.5. The van der Waals surface area contributed by atoms with Crippen molar-refractivity contribution in [1.82, 2.24) is 14.3 Å².